The zero-order chi connectivity index (χ0) is 14.7. The molecule has 0 amide bonds. The van der Waals surface area contributed by atoms with E-state index in [-0.39, 0.29) is 17.6 Å². The Kier molecular flexibility index (Phi) is 4.63. The average Bonchev–Trinajstić information content (AvgIpc) is 2.44. The van der Waals surface area contributed by atoms with Crippen LogP contribution in [-0.2, 0) is 0 Å². The van der Waals surface area contributed by atoms with Crippen LogP contribution in [0.15, 0.2) is 36.4 Å². The Hall–Kier alpha value is -1.58. The van der Waals surface area contributed by atoms with E-state index in [4.69, 9.17) is 16.3 Å². The van der Waals surface area contributed by atoms with Crippen LogP contribution in [0.5, 0.6) is 5.75 Å². The lowest BCUT2D eigenvalue weighted by molar-refractivity contribution is 0.386. The highest BCUT2D eigenvalue weighted by molar-refractivity contribution is 6.31. The molecule has 0 aliphatic carbocycles. The van der Waals surface area contributed by atoms with E-state index in [1.807, 2.05) is 38.2 Å². The lowest BCUT2D eigenvalue weighted by atomic mass is 9.97. The Morgan fingerprint density at radius 1 is 1.15 bits per heavy atom. The van der Waals surface area contributed by atoms with Gasteiger partial charge in [-0.05, 0) is 48.9 Å². The normalized spacial score (nSPS) is 12.2. The molecule has 1 atom stereocenters. The Morgan fingerprint density at radius 3 is 2.35 bits per heavy atom. The fourth-order valence-electron chi connectivity index (χ4n) is 2.24. The summed E-state index contributed by atoms with van der Waals surface area (Å²) in [6.07, 6.45) is 0. The molecule has 0 saturated carbocycles. The molecule has 0 bridgehead atoms. The van der Waals surface area contributed by atoms with E-state index in [1.165, 1.54) is 13.2 Å². The number of hydrogen-bond acceptors (Lipinski definition) is 2. The maximum Gasteiger partial charge on any atom is 0.165 e. The van der Waals surface area contributed by atoms with Gasteiger partial charge in [-0.15, -0.1) is 0 Å². The van der Waals surface area contributed by atoms with Crippen LogP contribution in [0, 0.1) is 12.7 Å². The van der Waals surface area contributed by atoms with Crippen LogP contribution in [0.4, 0.5) is 4.39 Å². The minimum Gasteiger partial charge on any atom is -0.494 e. The van der Waals surface area contributed by atoms with Crippen molar-refractivity contribution in [1.82, 2.24) is 5.32 Å². The second-order valence-electron chi connectivity index (χ2n) is 4.62. The summed E-state index contributed by atoms with van der Waals surface area (Å²) in [6, 6.07) is 10.7. The number of rotatable bonds is 4. The van der Waals surface area contributed by atoms with Gasteiger partial charge in [-0.2, -0.15) is 0 Å². The Morgan fingerprint density at radius 2 is 1.80 bits per heavy atom. The predicted molar refractivity (Wildman–Crippen MR) is 80.0 cm³/mol. The second kappa shape index (κ2) is 6.25. The van der Waals surface area contributed by atoms with E-state index >= 15 is 0 Å². The summed E-state index contributed by atoms with van der Waals surface area (Å²) >= 11 is 6.04. The molecule has 0 aromatic heterocycles. The molecule has 4 heteroatoms. The molecule has 0 spiro atoms. The van der Waals surface area contributed by atoms with Crippen molar-refractivity contribution in [2.75, 3.05) is 14.2 Å². The van der Waals surface area contributed by atoms with E-state index in [2.05, 4.69) is 5.32 Å². The van der Waals surface area contributed by atoms with E-state index in [0.717, 1.165) is 21.7 Å². The Bertz CT molecular complexity index is 615. The first-order valence-electron chi connectivity index (χ1n) is 6.33. The highest BCUT2D eigenvalue weighted by atomic mass is 35.5. The number of methoxy groups -OCH3 is 1. The SMILES string of the molecule is CNC(c1ccc(Cl)c(C)c1)c1ccc(OC)c(F)c1. The highest BCUT2D eigenvalue weighted by Crippen LogP contribution is 2.28. The van der Waals surface area contributed by atoms with Crippen LogP contribution in [-0.4, -0.2) is 14.2 Å². The van der Waals surface area contributed by atoms with Gasteiger partial charge in [-0.25, -0.2) is 4.39 Å². The molecule has 2 aromatic carbocycles. The molecule has 0 aliphatic rings. The number of nitrogens with one attached hydrogen (secondary N) is 1. The highest BCUT2D eigenvalue weighted by Gasteiger charge is 2.15. The molecule has 106 valence electrons. The number of ether oxygens (including phenoxy) is 1. The van der Waals surface area contributed by atoms with E-state index in [0.29, 0.717) is 0 Å². The smallest absolute Gasteiger partial charge is 0.165 e. The Labute approximate surface area is 123 Å². The number of halogens is 2. The molecule has 1 unspecified atom stereocenters. The molecular weight excluding hydrogens is 277 g/mol. The minimum absolute atomic E-state index is 0.0913. The van der Waals surface area contributed by atoms with Crippen molar-refractivity contribution in [3.8, 4) is 5.75 Å². The quantitative estimate of drug-likeness (QED) is 0.916. The summed E-state index contributed by atoms with van der Waals surface area (Å²) in [4.78, 5) is 0. The molecule has 20 heavy (non-hydrogen) atoms. The van der Waals surface area contributed by atoms with Gasteiger partial charge in [0.25, 0.3) is 0 Å². The van der Waals surface area contributed by atoms with Crippen molar-refractivity contribution in [2.45, 2.75) is 13.0 Å². The van der Waals surface area contributed by atoms with Gasteiger partial charge >= 0.3 is 0 Å². The number of hydrogen-bond donors (Lipinski definition) is 1. The largest absolute Gasteiger partial charge is 0.494 e. The van der Waals surface area contributed by atoms with Gasteiger partial charge in [0.15, 0.2) is 11.6 Å². The van der Waals surface area contributed by atoms with Crippen LogP contribution in [0.1, 0.15) is 22.7 Å². The molecule has 0 heterocycles. The first-order valence-corrected chi connectivity index (χ1v) is 6.71. The molecule has 0 aliphatic heterocycles. The Balaban J connectivity index is 2.41. The van der Waals surface area contributed by atoms with Gasteiger partial charge < -0.3 is 10.1 Å². The maximum atomic E-state index is 13.8. The molecule has 0 saturated heterocycles. The van der Waals surface area contributed by atoms with Gasteiger partial charge in [0.1, 0.15) is 0 Å². The van der Waals surface area contributed by atoms with Gasteiger partial charge in [-0.3, -0.25) is 0 Å². The van der Waals surface area contributed by atoms with Gasteiger partial charge in [0.2, 0.25) is 0 Å². The van der Waals surface area contributed by atoms with Crippen LogP contribution >= 0.6 is 11.6 Å². The average molecular weight is 294 g/mol. The number of aryl methyl sites for hydroxylation is 1. The lowest BCUT2D eigenvalue weighted by Crippen LogP contribution is -2.18. The first-order chi connectivity index (χ1) is 9.56. The standard InChI is InChI=1S/C16H17ClFNO/c1-10-8-11(4-6-13(10)17)16(19-2)12-5-7-15(20-3)14(18)9-12/h4-9,16,19H,1-3H3. The third-order valence-corrected chi connectivity index (χ3v) is 3.74. The molecule has 0 radical (unpaired) electrons. The first kappa shape index (κ1) is 14.8. The second-order valence-corrected chi connectivity index (χ2v) is 5.03. The fourth-order valence-corrected chi connectivity index (χ4v) is 2.35. The third kappa shape index (κ3) is 2.94. The summed E-state index contributed by atoms with van der Waals surface area (Å²) in [5, 5.41) is 3.92. The van der Waals surface area contributed by atoms with Crippen molar-refractivity contribution >= 4 is 11.6 Å². The number of benzene rings is 2. The van der Waals surface area contributed by atoms with Crippen LogP contribution < -0.4 is 10.1 Å². The van der Waals surface area contributed by atoms with Crippen LogP contribution in [0.3, 0.4) is 0 Å². The maximum absolute atomic E-state index is 13.8. The third-order valence-electron chi connectivity index (χ3n) is 3.31. The topological polar surface area (TPSA) is 21.3 Å². The molecular formula is C16H17ClFNO. The van der Waals surface area contributed by atoms with E-state index in [9.17, 15) is 4.39 Å². The molecule has 2 rings (SSSR count). The molecule has 0 fully saturated rings. The van der Waals surface area contributed by atoms with Crippen molar-refractivity contribution in [2.24, 2.45) is 0 Å². The van der Waals surface area contributed by atoms with Crippen molar-refractivity contribution in [3.63, 3.8) is 0 Å². The van der Waals surface area contributed by atoms with Gasteiger partial charge in [-0.1, -0.05) is 29.8 Å². The van der Waals surface area contributed by atoms with Gasteiger partial charge in [0, 0.05) is 5.02 Å². The fraction of sp³-hybridized carbons (Fsp3) is 0.250. The van der Waals surface area contributed by atoms with Crippen LogP contribution in [0.2, 0.25) is 5.02 Å². The minimum atomic E-state index is -0.365. The van der Waals surface area contributed by atoms with Crippen molar-refractivity contribution < 1.29 is 9.13 Å². The monoisotopic (exact) mass is 293 g/mol. The summed E-state index contributed by atoms with van der Waals surface area (Å²) in [5.41, 5.74) is 2.88. The summed E-state index contributed by atoms with van der Waals surface area (Å²) in [5.74, 6) is -0.119. The van der Waals surface area contributed by atoms with Gasteiger partial charge in [0.05, 0.1) is 13.2 Å². The molecule has 1 N–H and O–H groups in total. The van der Waals surface area contributed by atoms with Crippen LogP contribution in [0.25, 0.3) is 0 Å². The zero-order valence-electron chi connectivity index (χ0n) is 11.7. The van der Waals surface area contributed by atoms with E-state index < -0.39 is 0 Å². The summed E-state index contributed by atoms with van der Waals surface area (Å²) in [6.45, 7) is 1.95. The molecule has 2 nitrogen and oxygen atoms in total. The van der Waals surface area contributed by atoms with E-state index in [1.54, 1.807) is 6.07 Å². The molecule has 2 aromatic rings. The van der Waals surface area contributed by atoms with Crippen molar-refractivity contribution in [1.29, 1.82) is 0 Å². The lowest BCUT2D eigenvalue weighted by Gasteiger charge is -2.18. The predicted octanol–water partition coefficient (Wildman–Crippen LogP) is 4.10. The zero-order valence-corrected chi connectivity index (χ0v) is 12.5. The summed E-state index contributed by atoms with van der Waals surface area (Å²) in [7, 11) is 3.30. The summed E-state index contributed by atoms with van der Waals surface area (Å²) < 4.78 is 18.8. The van der Waals surface area contributed by atoms with Crippen molar-refractivity contribution in [3.05, 3.63) is 63.9 Å².